The largest absolute Gasteiger partial charge is 0.315 e. The van der Waals surface area contributed by atoms with E-state index in [-0.39, 0.29) is 0 Å². The van der Waals surface area contributed by atoms with Crippen molar-refractivity contribution in [2.24, 2.45) is 0 Å². The molecule has 6 heteroatoms. The van der Waals surface area contributed by atoms with Gasteiger partial charge >= 0.3 is 0 Å². The summed E-state index contributed by atoms with van der Waals surface area (Å²) >= 11 is 1.67. The number of nitrogens with zero attached hydrogens (tertiary/aromatic N) is 4. The molecule has 0 amide bonds. The van der Waals surface area contributed by atoms with E-state index in [0.29, 0.717) is 0 Å². The van der Waals surface area contributed by atoms with Crippen LogP contribution in [-0.4, -0.2) is 39.0 Å². The van der Waals surface area contributed by atoms with Crippen LogP contribution in [0.1, 0.15) is 19.8 Å². The van der Waals surface area contributed by atoms with E-state index in [1.807, 2.05) is 10.8 Å². The zero-order valence-corrected chi connectivity index (χ0v) is 10.5. The van der Waals surface area contributed by atoms with Crippen LogP contribution in [0.2, 0.25) is 0 Å². The zero-order valence-electron chi connectivity index (χ0n) is 9.72. The van der Waals surface area contributed by atoms with Gasteiger partial charge in [0.05, 0.1) is 6.54 Å². The van der Waals surface area contributed by atoms with Crippen LogP contribution in [-0.2, 0) is 6.54 Å². The van der Waals surface area contributed by atoms with E-state index in [2.05, 4.69) is 34.3 Å². The standard InChI is InChI=1S/C10H19N5S/c1-3-5-9-16-10-12-13-14-15(10)8-7-11-6-4-2/h3,11H,1,4-9H2,2H3. The molecule has 0 aromatic carbocycles. The Kier molecular flexibility index (Phi) is 6.83. The van der Waals surface area contributed by atoms with Gasteiger partial charge in [-0.1, -0.05) is 24.8 Å². The topological polar surface area (TPSA) is 55.6 Å². The lowest BCUT2D eigenvalue weighted by Crippen LogP contribution is -2.21. The van der Waals surface area contributed by atoms with Gasteiger partial charge in [0.25, 0.3) is 0 Å². The van der Waals surface area contributed by atoms with Crippen LogP contribution < -0.4 is 5.32 Å². The summed E-state index contributed by atoms with van der Waals surface area (Å²) in [5.41, 5.74) is 0. The van der Waals surface area contributed by atoms with Crippen molar-refractivity contribution < 1.29 is 0 Å². The Labute approximate surface area is 101 Å². The molecule has 1 aromatic heterocycles. The Morgan fingerprint density at radius 3 is 3.12 bits per heavy atom. The maximum absolute atomic E-state index is 3.99. The minimum atomic E-state index is 0.823. The number of tetrazole rings is 1. The average Bonchev–Trinajstić information content (AvgIpc) is 2.73. The second kappa shape index (κ2) is 8.29. The fraction of sp³-hybridized carbons (Fsp3) is 0.700. The molecule has 5 nitrogen and oxygen atoms in total. The molecular formula is C10H19N5S. The maximum Gasteiger partial charge on any atom is 0.209 e. The Bertz CT molecular complexity index is 299. The van der Waals surface area contributed by atoms with Crippen LogP contribution in [0, 0.1) is 0 Å². The number of allylic oxidation sites excluding steroid dienone is 1. The van der Waals surface area contributed by atoms with Gasteiger partial charge in [-0.25, -0.2) is 4.68 Å². The van der Waals surface area contributed by atoms with Gasteiger partial charge in [-0.3, -0.25) is 0 Å². The normalized spacial score (nSPS) is 10.6. The van der Waals surface area contributed by atoms with Gasteiger partial charge in [0.1, 0.15) is 0 Å². The monoisotopic (exact) mass is 241 g/mol. The molecule has 90 valence electrons. The summed E-state index contributed by atoms with van der Waals surface area (Å²) in [6.07, 6.45) is 4.03. The zero-order chi connectivity index (χ0) is 11.6. The molecule has 0 aliphatic rings. The Hall–Kier alpha value is -0.880. The number of hydrogen-bond donors (Lipinski definition) is 1. The molecule has 0 atom stereocenters. The van der Waals surface area contributed by atoms with Crippen LogP contribution in [0.3, 0.4) is 0 Å². The molecule has 16 heavy (non-hydrogen) atoms. The van der Waals surface area contributed by atoms with Gasteiger partial charge < -0.3 is 5.32 Å². The third kappa shape index (κ3) is 4.76. The van der Waals surface area contributed by atoms with Gasteiger partial charge in [-0.05, 0) is 29.8 Å². The smallest absolute Gasteiger partial charge is 0.209 e. The molecule has 1 rings (SSSR count). The summed E-state index contributed by atoms with van der Waals surface area (Å²) in [5.74, 6) is 0.978. The average molecular weight is 241 g/mol. The molecule has 0 fully saturated rings. The molecule has 1 heterocycles. The first kappa shape index (κ1) is 13.2. The van der Waals surface area contributed by atoms with Crippen LogP contribution in [0.4, 0.5) is 0 Å². The van der Waals surface area contributed by atoms with Crippen molar-refractivity contribution in [1.29, 1.82) is 0 Å². The molecule has 0 unspecified atom stereocenters. The summed E-state index contributed by atoms with van der Waals surface area (Å²) in [6, 6.07) is 0. The van der Waals surface area contributed by atoms with E-state index in [1.165, 1.54) is 0 Å². The third-order valence-electron chi connectivity index (χ3n) is 1.98. The first-order valence-electron chi connectivity index (χ1n) is 5.59. The van der Waals surface area contributed by atoms with Crippen molar-refractivity contribution in [3.63, 3.8) is 0 Å². The summed E-state index contributed by atoms with van der Waals surface area (Å²) in [5, 5.41) is 15.9. The Morgan fingerprint density at radius 1 is 1.50 bits per heavy atom. The molecule has 0 radical (unpaired) electrons. The van der Waals surface area contributed by atoms with Crippen molar-refractivity contribution in [3.8, 4) is 0 Å². The molecule has 0 saturated heterocycles. The molecule has 1 N–H and O–H groups in total. The molecule has 1 aromatic rings. The van der Waals surface area contributed by atoms with E-state index >= 15 is 0 Å². The van der Waals surface area contributed by atoms with Gasteiger partial charge in [0.15, 0.2) is 0 Å². The highest BCUT2D eigenvalue weighted by atomic mass is 32.2. The van der Waals surface area contributed by atoms with Crippen molar-refractivity contribution in [3.05, 3.63) is 12.7 Å². The number of hydrogen-bond acceptors (Lipinski definition) is 5. The third-order valence-corrected chi connectivity index (χ3v) is 2.97. The number of thioether (sulfide) groups is 1. The van der Waals surface area contributed by atoms with Gasteiger partial charge in [0.2, 0.25) is 5.16 Å². The van der Waals surface area contributed by atoms with Crippen LogP contribution >= 0.6 is 11.8 Å². The predicted molar refractivity (Wildman–Crippen MR) is 66.5 cm³/mol. The van der Waals surface area contributed by atoms with Crippen molar-refractivity contribution in [2.45, 2.75) is 31.5 Å². The summed E-state index contributed by atoms with van der Waals surface area (Å²) in [7, 11) is 0. The van der Waals surface area contributed by atoms with Gasteiger partial charge in [-0.15, -0.1) is 11.7 Å². The molecule has 0 aliphatic carbocycles. The molecule has 0 saturated carbocycles. The van der Waals surface area contributed by atoms with E-state index in [4.69, 9.17) is 0 Å². The lowest BCUT2D eigenvalue weighted by atomic mass is 10.5. The molecule has 0 aliphatic heterocycles. The lowest BCUT2D eigenvalue weighted by Gasteiger charge is -2.04. The maximum atomic E-state index is 3.99. The highest BCUT2D eigenvalue weighted by molar-refractivity contribution is 7.99. The van der Waals surface area contributed by atoms with Crippen molar-refractivity contribution in [1.82, 2.24) is 25.5 Å². The SMILES string of the molecule is C=CCCSc1nnnn1CCNCCC. The van der Waals surface area contributed by atoms with E-state index < -0.39 is 0 Å². The molecule has 0 bridgehead atoms. The minimum absolute atomic E-state index is 0.823. The quantitative estimate of drug-likeness (QED) is 0.402. The fourth-order valence-corrected chi connectivity index (χ4v) is 2.00. The minimum Gasteiger partial charge on any atom is -0.315 e. The predicted octanol–water partition coefficient (Wildman–Crippen LogP) is 1.34. The van der Waals surface area contributed by atoms with Crippen LogP contribution in [0.5, 0.6) is 0 Å². The second-order valence-electron chi connectivity index (χ2n) is 3.36. The van der Waals surface area contributed by atoms with Crippen LogP contribution in [0.25, 0.3) is 0 Å². The van der Waals surface area contributed by atoms with Gasteiger partial charge in [-0.2, -0.15) is 0 Å². The summed E-state index contributed by atoms with van der Waals surface area (Å²) in [4.78, 5) is 0. The van der Waals surface area contributed by atoms with E-state index in [1.54, 1.807) is 11.8 Å². The lowest BCUT2D eigenvalue weighted by molar-refractivity contribution is 0.510. The first-order chi connectivity index (χ1) is 7.88. The fourth-order valence-electron chi connectivity index (χ4n) is 1.16. The highest BCUT2D eigenvalue weighted by Crippen LogP contribution is 2.14. The number of nitrogens with one attached hydrogen (secondary N) is 1. The number of rotatable bonds is 9. The second-order valence-corrected chi connectivity index (χ2v) is 4.42. The Morgan fingerprint density at radius 2 is 2.38 bits per heavy atom. The molecule has 0 spiro atoms. The summed E-state index contributed by atoms with van der Waals surface area (Å²) in [6.45, 7) is 8.62. The highest BCUT2D eigenvalue weighted by Gasteiger charge is 2.04. The summed E-state index contributed by atoms with van der Waals surface area (Å²) < 4.78 is 1.84. The van der Waals surface area contributed by atoms with E-state index in [0.717, 1.165) is 43.4 Å². The van der Waals surface area contributed by atoms with E-state index in [9.17, 15) is 0 Å². The molecular weight excluding hydrogens is 222 g/mol. The first-order valence-corrected chi connectivity index (χ1v) is 6.57. The van der Waals surface area contributed by atoms with Crippen molar-refractivity contribution >= 4 is 11.8 Å². The van der Waals surface area contributed by atoms with Crippen LogP contribution in [0.15, 0.2) is 17.8 Å². The van der Waals surface area contributed by atoms with Gasteiger partial charge in [0, 0.05) is 12.3 Å². The number of aromatic nitrogens is 4. The van der Waals surface area contributed by atoms with Crippen molar-refractivity contribution in [2.75, 3.05) is 18.8 Å². The Balaban J connectivity index is 2.29.